The first-order valence-corrected chi connectivity index (χ1v) is 3.76. The predicted molar refractivity (Wildman–Crippen MR) is 49.8 cm³/mol. The molecule has 3 heteroatoms. The van der Waals surface area contributed by atoms with Gasteiger partial charge in [-0.1, -0.05) is 19.9 Å². The van der Waals surface area contributed by atoms with E-state index < -0.39 is 0 Å². The summed E-state index contributed by atoms with van der Waals surface area (Å²) in [6, 6.07) is 0. The maximum Gasteiger partial charge on any atom is 0.117 e. The van der Waals surface area contributed by atoms with Gasteiger partial charge in [-0.15, -0.1) is 0 Å². The monoisotopic (exact) mass is 153 g/mol. The summed E-state index contributed by atoms with van der Waals surface area (Å²) in [6.07, 6.45) is 6.60. The summed E-state index contributed by atoms with van der Waals surface area (Å²) in [5, 5.41) is 0. The van der Waals surface area contributed by atoms with Crippen molar-refractivity contribution in [1.82, 2.24) is 0 Å². The van der Waals surface area contributed by atoms with Crippen LogP contribution in [0, 0.1) is 0 Å². The molecule has 0 aromatic rings. The molecular formula is C8H15N3. The third kappa shape index (κ3) is 8.88. The van der Waals surface area contributed by atoms with Gasteiger partial charge in [0, 0.05) is 6.21 Å². The van der Waals surface area contributed by atoms with Crippen molar-refractivity contribution in [3.63, 3.8) is 0 Å². The number of hydrogen-bond donors (Lipinski definition) is 1. The molecule has 0 aliphatic heterocycles. The van der Waals surface area contributed by atoms with E-state index >= 15 is 0 Å². The lowest BCUT2D eigenvalue weighted by Crippen LogP contribution is -1.89. The van der Waals surface area contributed by atoms with Gasteiger partial charge in [-0.2, -0.15) is 0 Å². The third-order valence-electron chi connectivity index (χ3n) is 1.08. The van der Waals surface area contributed by atoms with Crippen LogP contribution in [-0.2, 0) is 0 Å². The van der Waals surface area contributed by atoms with Crippen molar-refractivity contribution in [3.8, 4) is 0 Å². The highest BCUT2D eigenvalue weighted by Gasteiger charge is 1.76. The predicted octanol–water partition coefficient (Wildman–Crippen LogP) is 1.71. The van der Waals surface area contributed by atoms with Gasteiger partial charge >= 0.3 is 0 Å². The summed E-state index contributed by atoms with van der Waals surface area (Å²) in [7, 11) is 0. The molecule has 0 atom stereocenters. The first-order valence-electron chi connectivity index (χ1n) is 3.76. The van der Waals surface area contributed by atoms with E-state index in [4.69, 9.17) is 5.73 Å². The second-order valence-electron chi connectivity index (χ2n) is 2.21. The van der Waals surface area contributed by atoms with Gasteiger partial charge in [0.05, 0.1) is 0 Å². The van der Waals surface area contributed by atoms with Crippen LogP contribution in [0.3, 0.4) is 0 Å². The molecular weight excluding hydrogens is 138 g/mol. The molecule has 2 N–H and O–H groups in total. The quantitative estimate of drug-likeness (QED) is 0.365. The summed E-state index contributed by atoms with van der Waals surface area (Å²) in [4.78, 5) is 7.57. The van der Waals surface area contributed by atoms with Crippen LogP contribution in [0.5, 0.6) is 0 Å². The molecule has 3 nitrogen and oxygen atoms in total. The Morgan fingerprint density at radius 3 is 2.91 bits per heavy atom. The SMILES string of the molecule is C=C(N)N=CN=CCCCC. The van der Waals surface area contributed by atoms with Crippen LogP contribution in [0.1, 0.15) is 26.2 Å². The van der Waals surface area contributed by atoms with Gasteiger partial charge < -0.3 is 5.73 Å². The van der Waals surface area contributed by atoms with E-state index in [-0.39, 0.29) is 5.82 Å². The Morgan fingerprint density at radius 1 is 1.64 bits per heavy atom. The van der Waals surface area contributed by atoms with Crippen LogP contribution in [0.15, 0.2) is 22.4 Å². The summed E-state index contributed by atoms with van der Waals surface area (Å²) >= 11 is 0. The fourth-order valence-electron chi connectivity index (χ4n) is 0.525. The highest BCUT2D eigenvalue weighted by Crippen LogP contribution is 1.89. The minimum atomic E-state index is 0.289. The average Bonchev–Trinajstić information content (AvgIpc) is 1.96. The number of rotatable bonds is 5. The zero-order valence-corrected chi connectivity index (χ0v) is 6.95. The standard InChI is InChI=1S/C8H15N3/c1-3-4-5-6-10-7-11-8(2)9/h6-7H,2-5,9H2,1H3. The molecule has 0 radical (unpaired) electrons. The van der Waals surface area contributed by atoms with Crippen molar-refractivity contribution in [2.75, 3.05) is 0 Å². The summed E-state index contributed by atoms with van der Waals surface area (Å²) in [6.45, 7) is 5.54. The summed E-state index contributed by atoms with van der Waals surface area (Å²) in [5.74, 6) is 0.289. The molecule has 0 spiro atoms. The van der Waals surface area contributed by atoms with Gasteiger partial charge in [0.15, 0.2) is 0 Å². The molecule has 11 heavy (non-hydrogen) atoms. The lowest BCUT2D eigenvalue weighted by molar-refractivity contribution is 0.843. The number of hydrogen-bond acceptors (Lipinski definition) is 2. The van der Waals surface area contributed by atoms with Crippen molar-refractivity contribution >= 4 is 12.6 Å². The largest absolute Gasteiger partial charge is 0.384 e. The molecule has 0 aliphatic carbocycles. The number of nitrogens with two attached hydrogens (primary N) is 1. The van der Waals surface area contributed by atoms with E-state index in [2.05, 4.69) is 23.5 Å². The van der Waals surface area contributed by atoms with E-state index in [0.717, 1.165) is 6.42 Å². The molecule has 0 heterocycles. The van der Waals surface area contributed by atoms with Crippen molar-refractivity contribution in [2.45, 2.75) is 26.2 Å². The zero-order valence-electron chi connectivity index (χ0n) is 6.95. The van der Waals surface area contributed by atoms with Crippen LogP contribution < -0.4 is 5.73 Å². The van der Waals surface area contributed by atoms with Crippen LogP contribution in [0.25, 0.3) is 0 Å². The Labute approximate surface area is 67.7 Å². The van der Waals surface area contributed by atoms with Gasteiger partial charge in [0.2, 0.25) is 0 Å². The minimum absolute atomic E-state index is 0.289. The van der Waals surface area contributed by atoms with Gasteiger partial charge in [0.25, 0.3) is 0 Å². The second-order valence-corrected chi connectivity index (χ2v) is 2.21. The number of nitrogens with zero attached hydrogens (tertiary/aromatic N) is 2. The van der Waals surface area contributed by atoms with E-state index in [1.165, 1.54) is 19.2 Å². The maximum atomic E-state index is 5.17. The maximum absolute atomic E-state index is 5.17. The van der Waals surface area contributed by atoms with Gasteiger partial charge in [-0.05, 0) is 12.8 Å². The molecule has 0 bridgehead atoms. The molecule has 0 aromatic carbocycles. The van der Waals surface area contributed by atoms with Crippen molar-refractivity contribution < 1.29 is 0 Å². The van der Waals surface area contributed by atoms with Gasteiger partial charge in [-0.3, -0.25) is 0 Å². The first-order chi connectivity index (χ1) is 5.27. The van der Waals surface area contributed by atoms with Crippen molar-refractivity contribution in [3.05, 3.63) is 12.4 Å². The lowest BCUT2D eigenvalue weighted by atomic mass is 10.3. The normalized spacial score (nSPS) is 11.4. The van der Waals surface area contributed by atoms with Crippen LogP contribution in [-0.4, -0.2) is 12.6 Å². The van der Waals surface area contributed by atoms with E-state index in [9.17, 15) is 0 Å². The van der Waals surface area contributed by atoms with Gasteiger partial charge in [0.1, 0.15) is 12.2 Å². The second kappa shape index (κ2) is 6.99. The number of unbranched alkanes of at least 4 members (excludes halogenated alkanes) is 2. The number of aliphatic imine (C=N–C) groups is 2. The highest BCUT2D eigenvalue weighted by atomic mass is 14.9. The van der Waals surface area contributed by atoms with Crippen LogP contribution >= 0.6 is 0 Å². The molecule has 0 amide bonds. The summed E-state index contributed by atoms with van der Waals surface area (Å²) < 4.78 is 0. The molecule has 0 fully saturated rings. The first kappa shape index (κ1) is 9.88. The fraction of sp³-hybridized carbons (Fsp3) is 0.500. The van der Waals surface area contributed by atoms with Crippen LogP contribution in [0.4, 0.5) is 0 Å². The molecule has 0 unspecified atom stereocenters. The molecule has 0 rings (SSSR count). The van der Waals surface area contributed by atoms with E-state index in [0.29, 0.717) is 0 Å². The topological polar surface area (TPSA) is 50.7 Å². The average molecular weight is 153 g/mol. The van der Waals surface area contributed by atoms with E-state index in [1.54, 1.807) is 0 Å². The molecule has 0 aliphatic rings. The molecule has 62 valence electrons. The minimum Gasteiger partial charge on any atom is -0.384 e. The van der Waals surface area contributed by atoms with Crippen molar-refractivity contribution in [1.29, 1.82) is 0 Å². The van der Waals surface area contributed by atoms with E-state index in [1.807, 2.05) is 6.21 Å². The summed E-state index contributed by atoms with van der Waals surface area (Å²) in [5.41, 5.74) is 5.17. The molecule has 0 aromatic heterocycles. The Morgan fingerprint density at radius 2 is 2.36 bits per heavy atom. The van der Waals surface area contributed by atoms with Gasteiger partial charge in [-0.25, -0.2) is 9.98 Å². The Bertz CT molecular complexity index is 159. The molecule has 0 saturated heterocycles. The highest BCUT2D eigenvalue weighted by molar-refractivity contribution is 5.72. The Kier molecular flexibility index (Phi) is 6.28. The fourth-order valence-corrected chi connectivity index (χ4v) is 0.525. The lowest BCUT2D eigenvalue weighted by Gasteiger charge is -1.85. The Hall–Kier alpha value is -1.12. The van der Waals surface area contributed by atoms with Crippen molar-refractivity contribution in [2.24, 2.45) is 15.7 Å². The third-order valence-corrected chi connectivity index (χ3v) is 1.08. The zero-order chi connectivity index (χ0) is 8.53. The Balaban J connectivity index is 3.36. The van der Waals surface area contributed by atoms with Crippen LogP contribution in [0.2, 0.25) is 0 Å². The smallest absolute Gasteiger partial charge is 0.117 e. The molecule has 0 saturated carbocycles.